The lowest BCUT2D eigenvalue weighted by Crippen LogP contribution is -2.30. The van der Waals surface area contributed by atoms with E-state index in [9.17, 15) is 4.79 Å². The van der Waals surface area contributed by atoms with E-state index in [-0.39, 0.29) is 17.2 Å². The van der Waals surface area contributed by atoms with E-state index in [1.54, 1.807) is 6.07 Å². The molecule has 0 amide bonds. The second-order valence-electron chi connectivity index (χ2n) is 3.63. The molecule has 0 radical (unpaired) electrons. The molecule has 4 nitrogen and oxygen atoms in total. The first kappa shape index (κ1) is 8.97. The highest BCUT2D eigenvalue weighted by Gasteiger charge is 2.17. The number of nitrogens with one attached hydrogen (secondary N) is 1. The number of pyridine rings is 1. The second kappa shape index (κ2) is 3.28. The molecule has 72 valence electrons. The van der Waals surface area contributed by atoms with E-state index in [4.69, 9.17) is 11.0 Å². The fraction of sp³-hybridized carbons (Fsp3) is 0.400. The summed E-state index contributed by atoms with van der Waals surface area (Å²) in [6.07, 6.45) is 2.45. The Bertz CT molecular complexity index is 455. The number of aryl methyl sites for hydroxylation is 1. The monoisotopic (exact) mass is 189 g/mol. The maximum Gasteiger partial charge on any atom is 0.266 e. The third-order valence-electron chi connectivity index (χ3n) is 2.58. The maximum absolute atomic E-state index is 11.3. The summed E-state index contributed by atoms with van der Waals surface area (Å²) in [6, 6.07) is 3.69. The molecule has 14 heavy (non-hydrogen) atoms. The van der Waals surface area contributed by atoms with Gasteiger partial charge >= 0.3 is 0 Å². The lowest BCUT2D eigenvalue weighted by molar-refractivity contribution is 0.565. The van der Waals surface area contributed by atoms with Gasteiger partial charge in [0.25, 0.3) is 5.56 Å². The Kier molecular flexibility index (Phi) is 2.10. The van der Waals surface area contributed by atoms with E-state index in [2.05, 4.69) is 4.98 Å². The van der Waals surface area contributed by atoms with Crippen LogP contribution in [0.4, 0.5) is 0 Å². The van der Waals surface area contributed by atoms with Crippen molar-refractivity contribution in [2.45, 2.75) is 25.3 Å². The van der Waals surface area contributed by atoms with Crippen molar-refractivity contribution in [3.8, 4) is 6.07 Å². The number of hydrogen-bond acceptors (Lipinski definition) is 3. The van der Waals surface area contributed by atoms with Crippen LogP contribution in [0.1, 0.15) is 23.2 Å². The molecule has 1 heterocycles. The van der Waals surface area contributed by atoms with Crippen LogP contribution in [0.15, 0.2) is 10.9 Å². The number of aromatic amines is 1. The van der Waals surface area contributed by atoms with Crippen LogP contribution in [0.2, 0.25) is 0 Å². The Morgan fingerprint density at radius 3 is 3.14 bits per heavy atom. The molecule has 1 aromatic heterocycles. The van der Waals surface area contributed by atoms with Gasteiger partial charge in [0.15, 0.2) is 0 Å². The van der Waals surface area contributed by atoms with Crippen LogP contribution in [-0.2, 0) is 12.8 Å². The van der Waals surface area contributed by atoms with Crippen LogP contribution in [0, 0.1) is 11.3 Å². The molecular weight excluding hydrogens is 178 g/mol. The number of nitrogens with two attached hydrogens (primary N) is 1. The first-order valence-electron chi connectivity index (χ1n) is 4.61. The van der Waals surface area contributed by atoms with Gasteiger partial charge in [0, 0.05) is 11.7 Å². The summed E-state index contributed by atoms with van der Waals surface area (Å²) in [5, 5.41) is 8.68. The van der Waals surface area contributed by atoms with Crippen LogP contribution in [-0.4, -0.2) is 11.0 Å². The van der Waals surface area contributed by atoms with E-state index in [1.807, 2.05) is 6.07 Å². The van der Waals surface area contributed by atoms with Crippen molar-refractivity contribution in [1.82, 2.24) is 4.98 Å². The number of hydrogen-bond donors (Lipinski definition) is 2. The molecule has 0 spiro atoms. The summed E-state index contributed by atoms with van der Waals surface area (Å²) in [6.45, 7) is 0. The Hall–Kier alpha value is -1.60. The fourth-order valence-electron chi connectivity index (χ4n) is 1.81. The Morgan fingerprint density at radius 1 is 1.64 bits per heavy atom. The Labute approximate surface area is 81.4 Å². The van der Waals surface area contributed by atoms with Crippen molar-refractivity contribution in [3.63, 3.8) is 0 Å². The van der Waals surface area contributed by atoms with E-state index >= 15 is 0 Å². The normalized spacial score (nSPS) is 19.9. The predicted molar refractivity (Wildman–Crippen MR) is 51.8 cm³/mol. The standard InChI is InChI=1S/C10H11N3O/c11-5-7-3-6-4-8(12)1-2-9(6)13-10(7)14/h3,8H,1-2,4,12H2,(H,13,14). The third-order valence-corrected chi connectivity index (χ3v) is 2.58. The molecule has 0 bridgehead atoms. The average molecular weight is 189 g/mol. The summed E-state index contributed by atoms with van der Waals surface area (Å²) >= 11 is 0. The van der Waals surface area contributed by atoms with Crippen LogP contribution in [0.25, 0.3) is 0 Å². The lowest BCUT2D eigenvalue weighted by Gasteiger charge is -2.20. The lowest BCUT2D eigenvalue weighted by atomic mass is 9.92. The largest absolute Gasteiger partial charge is 0.327 e. The maximum atomic E-state index is 11.3. The number of nitriles is 1. The summed E-state index contributed by atoms with van der Waals surface area (Å²) in [5.41, 5.74) is 7.65. The molecule has 2 rings (SSSR count). The van der Waals surface area contributed by atoms with Crippen molar-refractivity contribution in [3.05, 3.63) is 33.2 Å². The molecule has 0 fully saturated rings. The molecule has 0 aliphatic heterocycles. The molecule has 1 aromatic rings. The molecular formula is C10H11N3O. The van der Waals surface area contributed by atoms with Gasteiger partial charge in [0.2, 0.25) is 0 Å². The average Bonchev–Trinajstić information content (AvgIpc) is 2.17. The van der Waals surface area contributed by atoms with Gasteiger partial charge < -0.3 is 10.7 Å². The zero-order valence-electron chi connectivity index (χ0n) is 7.71. The second-order valence-corrected chi connectivity index (χ2v) is 3.63. The van der Waals surface area contributed by atoms with Crippen molar-refractivity contribution < 1.29 is 0 Å². The van der Waals surface area contributed by atoms with Crippen molar-refractivity contribution in [2.75, 3.05) is 0 Å². The first-order valence-corrected chi connectivity index (χ1v) is 4.61. The topological polar surface area (TPSA) is 82.7 Å². The van der Waals surface area contributed by atoms with Crippen LogP contribution >= 0.6 is 0 Å². The molecule has 0 aromatic carbocycles. The quantitative estimate of drug-likeness (QED) is 0.605. The zero-order chi connectivity index (χ0) is 10.1. The minimum Gasteiger partial charge on any atom is -0.327 e. The highest BCUT2D eigenvalue weighted by molar-refractivity contribution is 5.34. The summed E-state index contributed by atoms with van der Waals surface area (Å²) in [4.78, 5) is 14.0. The van der Waals surface area contributed by atoms with Gasteiger partial charge in [-0.1, -0.05) is 0 Å². The van der Waals surface area contributed by atoms with E-state index in [0.717, 1.165) is 30.5 Å². The van der Waals surface area contributed by atoms with Gasteiger partial charge in [0.1, 0.15) is 11.6 Å². The number of nitrogens with zero attached hydrogens (tertiary/aromatic N) is 1. The van der Waals surface area contributed by atoms with Gasteiger partial charge in [-0.15, -0.1) is 0 Å². The predicted octanol–water partition coefficient (Wildman–Crippen LogP) is 0.0626. The minimum absolute atomic E-state index is 0.153. The first-order chi connectivity index (χ1) is 6.70. The minimum atomic E-state index is -0.290. The molecule has 0 saturated carbocycles. The highest BCUT2D eigenvalue weighted by atomic mass is 16.1. The molecule has 0 saturated heterocycles. The third kappa shape index (κ3) is 1.42. The Balaban J connectivity index is 2.53. The summed E-state index contributed by atoms with van der Waals surface area (Å²) in [7, 11) is 0. The van der Waals surface area contributed by atoms with Gasteiger partial charge in [-0.3, -0.25) is 4.79 Å². The van der Waals surface area contributed by atoms with Gasteiger partial charge in [-0.05, 0) is 30.9 Å². The molecule has 1 aliphatic rings. The summed E-state index contributed by atoms with van der Waals surface area (Å²) < 4.78 is 0. The van der Waals surface area contributed by atoms with E-state index < -0.39 is 0 Å². The molecule has 1 unspecified atom stereocenters. The fourth-order valence-corrected chi connectivity index (χ4v) is 1.81. The van der Waals surface area contributed by atoms with Gasteiger partial charge in [0.05, 0.1) is 0 Å². The van der Waals surface area contributed by atoms with Gasteiger partial charge in [-0.25, -0.2) is 0 Å². The SMILES string of the molecule is N#Cc1cc2c([nH]c1=O)CCC(N)C2. The molecule has 3 N–H and O–H groups in total. The molecule has 1 aliphatic carbocycles. The number of aromatic nitrogens is 1. The van der Waals surface area contributed by atoms with Gasteiger partial charge in [-0.2, -0.15) is 5.26 Å². The number of fused-ring (bicyclic) bond motifs is 1. The van der Waals surface area contributed by atoms with Crippen LogP contribution in [0.3, 0.4) is 0 Å². The van der Waals surface area contributed by atoms with Crippen LogP contribution < -0.4 is 11.3 Å². The molecule has 1 atom stereocenters. The Morgan fingerprint density at radius 2 is 2.43 bits per heavy atom. The van der Waals surface area contributed by atoms with E-state index in [1.165, 1.54) is 0 Å². The zero-order valence-corrected chi connectivity index (χ0v) is 7.71. The van der Waals surface area contributed by atoms with Crippen molar-refractivity contribution in [1.29, 1.82) is 5.26 Å². The smallest absolute Gasteiger partial charge is 0.266 e. The van der Waals surface area contributed by atoms with Crippen molar-refractivity contribution in [2.24, 2.45) is 5.73 Å². The van der Waals surface area contributed by atoms with E-state index in [0.29, 0.717) is 0 Å². The van der Waals surface area contributed by atoms with Crippen LogP contribution in [0.5, 0.6) is 0 Å². The number of rotatable bonds is 0. The number of H-pyrrole nitrogens is 1. The van der Waals surface area contributed by atoms with Crippen molar-refractivity contribution >= 4 is 0 Å². The highest BCUT2D eigenvalue weighted by Crippen LogP contribution is 2.17. The summed E-state index contributed by atoms with van der Waals surface area (Å²) in [5.74, 6) is 0. The molecule has 4 heteroatoms.